The third-order valence-electron chi connectivity index (χ3n) is 10.7. The number of rotatable bonds is 12. The molecule has 0 unspecified atom stereocenters. The van der Waals surface area contributed by atoms with Crippen LogP contribution in [0.2, 0.25) is 0 Å². The second kappa shape index (κ2) is 25.1. The Morgan fingerprint density at radius 1 is 0.394 bits per heavy atom. The maximum absolute atomic E-state index is 12.6. The largest absolute Gasteiger partial charge is 1.00 e. The summed E-state index contributed by atoms with van der Waals surface area (Å²) in [6.45, 7) is 17.9. The van der Waals surface area contributed by atoms with Crippen molar-refractivity contribution in [1.29, 1.82) is 0 Å². The van der Waals surface area contributed by atoms with Gasteiger partial charge in [-0.25, -0.2) is 0 Å². The molecule has 0 radical (unpaired) electrons. The number of carbonyl (C=O) groups excluding carboxylic acids is 2. The Kier molecular flexibility index (Phi) is 19.2. The first-order valence-electron chi connectivity index (χ1n) is 22.4. The number of benzene rings is 4. The van der Waals surface area contributed by atoms with E-state index in [4.69, 9.17) is 18.9 Å². The summed E-state index contributed by atoms with van der Waals surface area (Å²) in [5, 5.41) is 31.5. The highest BCUT2D eigenvalue weighted by Gasteiger charge is 2.25. The van der Waals surface area contributed by atoms with Gasteiger partial charge in [-0.05, 0) is 123 Å². The van der Waals surface area contributed by atoms with Crippen molar-refractivity contribution < 1.29 is 50.0 Å². The van der Waals surface area contributed by atoms with E-state index in [1.807, 2.05) is 0 Å². The molecule has 6 aromatic rings. The van der Waals surface area contributed by atoms with Crippen LogP contribution in [0.15, 0.2) is 97.1 Å². The van der Waals surface area contributed by atoms with Crippen LogP contribution < -0.4 is 45.7 Å². The number of quaternary nitrogens is 1. The summed E-state index contributed by atoms with van der Waals surface area (Å²) < 4.78 is 24.2. The van der Waals surface area contributed by atoms with E-state index < -0.39 is 0 Å². The maximum Gasteiger partial charge on any atom is 0.360 e. The van der Waals surface area contributed by atoms with Crippen LogP contribution >= 0.6 is 0 Å². The molecule has 12 heterocycles. The topological polar surface area (TPSA) is 181 Å². The predicted molar refractivity (Wildman–Crippen MR) is 246 cm³/mol. The molecule has 10 aliphatic heterocycles. The predicted octanol–water partition coefficient (Wildman–Crippen LogP) is 7.71. The van der Waals surface area contributed by atoms with Crippen molar-refractivity contribution in [3.63, 3.8) is 0 Å². The number of halogens is 1. The summed E-state index contributed by atoms with van der Waals surface area (Å²) in [5.41, 5.74) is 2.35. The summed E-state index contributed by atoms with van der Waals surface area (Å²) >= 11 is 0. The number of anilines is 4. The van der Waals surface area contributed by atoms with Crippen molar-refractivity contribution in [2.45, 2.75) is 92.9 Å². The molecule has 17 nitrogen and oxygen atoms in total. The normalized spacial score (nSPS) is 12.0. The van der Waals surface area contributed by atoms with Crippen molar-refractivity contribution in [3.8, 4) is 47.0 Å². The molecular formula is C48H58BrN11O6. The van der Waals surface area contributed by atoms with E-state index in [2.05, 4.69) is 68.5 Å². The molecule has 4 aromatic carbocycles. The van der Waals surface area contributed by atoms with E-state index in [0.29, 0.717) is 45.7 Å². The number of unbranched alkanes of at least 4 members (excludes halogenated alkanes) is 4. The highest BCUT2D eigenvalue weighted by molar-refractivity contribution is 5.99. The SMILES string of the molecule is CC(=O)N1c2ccc(cc2)Oc2nnc(nn2)Oc2ccc(cc2)N(C(C)=O)c2ccc(cc2)Oc2nnc(nn2)Oc2ccc1cc2.CCCC[N+](CCCC)(CCCC)CCCC.[Br-]. The minimum absolute atomic E-state index is 0. The molecule has 2 amide bonds. The number of ether oxygens (including phenoxy) is 4. The van der Waals surface area contributed by atoms with E-state index in [-0.39, 0.29) is 52.8 Å². The molecular weight excluding hydrogens is 907 g/mol. The van der Waals surface area contributed by atoms with Crippen molar-refractivity contribution in [1.82, 2.24) is 40.8 Å². The first kappa shape index (κ1) is 50.3. The van der Waals surface area contributed by atoms with Crippen LogP contribution in [0.1, 0.15) is 92.9 Å². The summed E-state index contributed by atoms with van der Waals surface area (Å²) in [6, 6.07) is 26.4. The monoisotopic (exact) mass is 963 g/mol. The smallest absolute Gasteiger partial charge is 0.360 e. The zero-order chi connectivity index (χ0) is 46.0. The van der Waals surface area contributed by atoms with Crippen LogP contribution in [0.5, 0.6) is 47.0 Å². The van der Waals surface area contributed by atoms with Crippen LogP contribution in [-0.2, 0) is 9.59 Å². The minimum atomic E-state index is -0.219. The number of hydrogen-bond donors (Lipinski definition) is 0. The summed E-state index contributed by atoms with van der Waals surface area (Å²) in [4.78, 5) is 28.3. The molecule has 18 heteroatoms. The molecule has 10 aliphatic rings. The lowest BCUT2D eigenvalue weighted by molar-refractivity contribution is -0.929. The molecule has 0 aliphatic carbocycles. The third-order valence-corrected chi connectivity index (χ3v) is 10.7. The van der Waals surface area contributed by atoms with Gasteiger partial charge in [0.25, 0.3) is 0 Å². The van der Waals surface area contributed by atoms with E-state index in [1.54, 1.807) is 97.1 Å². The number of hydrogen-bond acceptors (Lipinski definition) is 14. The second-order valence-electron chi connectivity index (χ2n) is 15.7. The van der Waals surface area contributed by atoms with Crippen molar-refractivity contribution >= 4 is 34.6 Å². The number of aromatic nitrogens is 8. The van der Waals surface area contributed by atoms with E-state index >= 15 is 0 Å². The number of amides is 2. The van der Waals surface area contributed by atoms with Crippen molar-refractivity contribution in [2.75, 3.05) is 36.0 Å². The van der Waals surface area contributed by atoms with Crippen LogP contribution in [0.4, 0.5) is 22.7 Å². The Morgan fingerprint density at radius 3 is 0.758 bits per heavy atom. The van der Waals surface area contributed by atoms with E-state index in [0.717, 1.165) is 0 Å². The van der Waals surface area contributed by atoms with Crippen molar-refractivity contribution in [2.24, 2.45) is 0 Å². The zero-order valence-corrected chi connectivity index (χ0v) is 40.1. The van der Waals surface area contributed by atoms with Crippen LogP contribution in [0, 0.1) is 0 Å². The molecule has 0 spiro atoms. The van der Waals surface area contributed by atoms with Gasteiger partial charge in [0.05, 0.1) is 26.2 Å². The molecule has 0 saturated carbocycles. The quantitative estimate of drug-likeness (QED) is 0.109. The molecule has 0 saturated heterocycles. The fourth-order valence-electron chi connectivity index (χ4n) is 7.33. The first-order chi connectivity index (χ1) is 31.6. The molecule has 16 rings (SSSR count). The fourth-order valence-corrected chi connectivity index (χ4v) is 7.33. The Balaban J connectivity index is 0.000000388. The van der Waals surface area contributed by atoms with Gasteiger partial charge in [-0.2, -0.15) is 0 Å². The fraction of sp³-hybridized carbons (Fsp3) is 0.375. The summed E-state index contributed by atoms with van der Waals surface area (Å²) in [5.74, 6) is 1.12. The molecule has 66 heavy (non-hydrogen) atoms. The Hall–Kier alpha value is -6.66. The van der Waals surface area contributed by atoms with Gasteiger partial charge >= 0.3 is 24.0 Å². The zero-order valence-electron chi connectivity index (χ0n) is 38.5. The van der Waals surface area contributed by atoms with Crippen molar-refractivity contribution in [3.05, 3.63) is 97.1 Å². The van der Waals surface area contributed by atoms with Crippen LogP contribution in [-0.4, -0.2) is 83.3 Å². The Bertz CT molecular complexity index is 2070. The third kappa shape index (κ3) is 14.2. The molecule has 0 atom stereocenters. The molecule has 2 aromatic heterocycles. The van der Waals surface area contributed by atoms with Crippen LogP contribution in [0.3, 0.4) is 0 Å². The standard InChI is InChI=1S/C32H22N10O6.C16H36N.BrH/c1-19(43)41-21-3-11-25(12-4-21)45-29-33-37-31(38-34-29)47-27-15-7-23(8-16-27)42(20(2)44)24-9-17-28(18-10-24)48-32-39-35-30(36-40-32)46-26-13-5-22(41)6-14-26;1-5-9-13-17(14-10-6-2,15-11-7-3)16-12-8-4;/h3-18H,1-2H3;5-16H2,1-4H3;1H/q;+1;/p-1. The van der Waals surface area contributed by atoms with Gasteiger partial charge in [-0.15, -0.1) is 0 Å². The summed E-state index contributed by atoms with van der Waals surface area (Å²) in [7, 11) is 0. The van der Waals surface area contributed by atoms with Gasteiger partial charge in [-0.3, -0.25) is 19.4 Å². The lowest BCUT2D eigenvalue weighted by atomic mass is 10.1. The molecule has 0 N–H and O–H groups in total. The molecule has 12 bridgehead atoms. The molecule has 0 fully saturated rings. The van der Waals surface area contributed by atoms with Gasteiger partial charge in [0.15, 0.2) is 0 Å². The lowest BCUT2D eigenvalue weighted by Gasteiger charge is -2.39. The molecule has 348 valence electrons. The van der Waals surface area contributed by atoms with Gasteiger partial charge in [0.1, 0.15) is 23.0 Å². The number of carbonyl (C=O) groups is 2. The average molecular weight is 965 g/mol. The minimum Gasteiger partial charge on any atom is -1.00 e. The van der Waals surface area contributed by atoms with Gasteiger partial charge in [0, 0.05) is 36.6 Å². The number of nitrogens with zero attached hydrogens (tertiary/aromatic N) is 11. The van der Waals surface area contributed by atoms with Gasteiger partial charge in [0.2, 0.25) is 11.8 Å². The summed E-state index contributed by atoms with van der Waals surface area (Å²) in [6.07, 6.45) is 11.1. The van der Waals surface area contributed by atoms with Crippen LogP contribution in [0.25, 0.3) is 0 Å². The Morgan fingerprint density at radius 2 is 0.591 bits per heavy atom. The van der Waals surface area contributed by atoms with E-state index in [1.165, 1.54) is 106 Å². The maximum atomic E-state index is 12.6. The highest BCUT2D eigenvalue weighted by Crippen LogP contribution is 2.33. The second-order valence-corrected chi connectivity index (χ2v) is 15.7. The highest BCUT2D eigenvalue weighted by atomic mass is 79.9. The average Bonchev–Trinajstić information content (AvgIpc) is 3.32. The van der Waals surface area contributed by atoms with Gasteiger partial charge in [-0.1, -0.05) is 94.2 Å². The van der Waals surface area contributed by atoms with E-state index in [9.17, 15) is 9.59 Å². The Labute approximate surface area is 396 Å². The van der Waals surface area contributed by atoms with Gasteiger partial charge < -0.3 is 40.4 Å². The first-order valence-corrected chi connectivity index (χ1v) is 22.4. The lowest BCUT2D eigenvalue weighted by Crippen LogP contribution is -3.00.